The summed E-state index contributed by atoms with van der Waals surface area (Å²) in [7, 11) is 0. The van der Waals surface area contributed by atoms with Gasteiger partial charge in [0.1, 0.15) is 29.8 Å². The lowest BCUT2D eigenvalue weighted by molar-refractivity contribution is -0.0391. The Morgan fingerprint density at radius 3 is 2.71 bits per heavy atom. The SMILES string of the molecule is CCc1cn(C2CCC(CN(C(C)C)C3CC(CCc4nc5ccc(C(C)(C)C)cc5[nH]4)C3)O2)c2ncnc(N)c12. The number of benzene rings is 1. The molecule has 2 atom stereocenters. The van der Waals surface area contributed by atoms with Gasteiger partial charge in [-0.2, -0.15) is 0 Å². The van der Waals surface area contributed by atoms with E-state index in [1.165, 1.54) is 30.4 Å². The Labute approximate surface area is 244 Å². The van der Waals surface area contributed by atoms with Crippen LogP contribution >= 0.6 is 0 Å². The average molecular weight is 558 g/mol. The number of aromatic amines is 1. The number of hydrogen-bond acceptors (Lipinski definition) is 6. The van der Waals surface area contributed by atoms with Crippen LogP contribution in [0.2, 0.25) is 0 Å². The molecule has 0 bridgehead atoms. The van der Waals surface area contributed by atoms with Crippen LogP contribution in [-0.2, 0) is 23.0 Å². The quantitative estimate of drug-likeness (QED) is 0.242. The van der Waals surface area contributed by atoms with Crippen LogP contribution in [0.25, 0.3) is 22.1 Å². The highest BCUT2D eigenvalue weighted by molar-refractivity contribution is 5.89. The molecule has 8 heteroatoms. The molecule has 3 aromatic heterocycles. The summed E-state index contributed by atoms with van der Waals surface area (Å²) < 4.78 is 8.84. The second kappa shape index (κ2) is 11.0. The molecule has 8 nitrogen and oxygen atoms in total. The number of H-pyrrole nitrogens is 1. The first-order valence-corrected chi connectivity index (χ1v) is 15.6. The normalized spacial score (nSPS) is 23.3. The van der Waals surface area contributed by atoms with Gasteiger partial charge >= 0.3 is 0 Å². The highest BCUT2D eigenvalue weighted by atomic mass is 16.5. The fourth-order valence-corrected chi connectivity index (χ4v) is 6.91. The van der Waals surface area contributed by atoms with E-state index in [0.29, 0.717) is 17.9 Å². The average Bonchev–Trinajstić information content (AvgIpc) is 3.62. The standard InChI is InChI=1S/C33H47N7O/c1-7-22-17-40(32-30(22)31(34)35-19-36-32)29-13-10-25(41-29)18-39(20(2)3)24-14-21(15-24)8-12-28-37-26-11-9-23(33(4,5)6)16-27(26)38-28/h9,11,16-17,19-21,24-25,29H,7-8,10,12-15,18H2,1-6H3,(H,37,38)(H2,34,35,36). The topological polar surface area (TPSA) is 97.9 Å². The molecule has 4 aromatic rings. The van der Waals surface area contributed by atoms with Crippen LogP contribution in [0.5, 0.6) is 0 Å². The first-order chi connectivity index (χ1) is 19.6. The molecule has 1 saturated heterocycles. The number of imidazole rings is 1. The van der Waals surface area contributed by atoms with Crippen LogP contribution in [0.3, 0.4) is 0 Å². The summed E-state index contributed by atoms with van der Waals surface area (Å²) in [6.45, 7) is 14.6. The first kappa shape index (κ1) is 28.2. The van der Waals surface area contributed by atoms with Gasteiger partial charge in [0.15, 0.2) is 0 Å². The summed E-state index contributed by atoms with van der Waals surface area (Å²) in [5.41, 5.74) is 12.0. The molecule has 0 radical (unpaired) electrons. The Balaban J connectivity index is 1.03. The second-order valence-electron chi connectivity index (χ2n) is 13.6. The largest absolute Gasteiger partial charge is 0.383 e. The third-order valence-electron chi connectivity index (χ3n) is 9.44. The Kier molecular flexibility index (Phi) is 7.57. The second-order valence-corrected chi connectivity index (χ2v) is 13.6. The van der Waals surface area contributed by atoms with Gasteiger partial charge in [0.2, 0.25) is 0 Å². The number of nitrogen functional groups attached to an aromatic ring is 1. The van der Waals surface area contributed by atoms with Crippen LogP contribution in [0.4, 0.5) is 5.82 Å². The number of anilines is 1. The van der Waals surface area contributed by atoms with Gasteiger partial charge in [-0.1, -0.05) is 33.8 Å². The molecule has 220 valence electrons. The predicted molar refractivity (Wildman–Crippen MR) is 166 cm³/mol. The molecule has 6 rings (SSSR count). The lowest BCUT2D eigenvalue weighted by Gasteiger charge is -2.46. The van der Waals surface area contributed by atoms with E-state index < -0.39 is 0 Å². The van der Waals surface area contributed by atoms with Gasteiger partial charge < -0.3 is 20.0 Å². The van der Waals surface area contributed by atoms with E-state index in [9.17, 15) is 0 Å². The van der Waals surface area contributed by atoms with Crippen LogP contribution in [-0.4, -0.2) is 54.1 Å². The van der Waals surface area contributed by atoms with Gasteiger partial charge in [0.25, 0.3) is 0 Å². The minimum atomic E-state index is 0.00328. The molecule has 0 amide bonds. The number of ether oxygens (including phenoxy) is 1. The monoisotopic (exact) mass is 557 g/mol. The zero-order valence-electron chi connectivity index (χ0n) is 25.7. The molecule has 1 aromatic carbocycles. The maximum Gasteiger partial charge on any atom is 0.147 e. The molecule has 2 fully saturated rings. The van der Waals surface area contributed by atoms with Crippen molar-refractivity contribution < 1.29 is 4.74 Å². The molecule has 0 spiro atoms. The third kappa shape index (κ3) is 5.61. The Bertz CT molecular complexity index is 1510. The van der Waals surface area contributed by atoms with Gasteiger partial charge in [-0.25, -0.2) is 15.0 Å². The zero-order valence-corrected chi connectivity index (χ0v) is 25.7. The molecule has 3 N–H and O–H groups in total. The van der Waals surface area contributed by atoms with E-state index in [1.54, 1.807) is 6.33 Å². The summed E-state index contributed by atoms with van der Waals surface area (Å²) in [6.07, 6.45) is 11.7. The highest BCUT2D eigenvalue weighted by Crippen LogP contribution is 2.39. The molecule has 2 aliphatic rings. The third-order valence-corrected chi connectivity index (χ3v) is 9.44. The summed E-state index contributed by atoms with van der Waals surface area (Å²) >= 11 is 0. The van der Waals surface area contributed by atoms with Crippen LogP contribution in [0.1, 0.15) is 96.8 Å². The maximum absolute atomic E-state index is 6.65. The van der Waals surface area contributed by atoms with Crippen molar-refractivity contribution in [1.29, 1.82) is 0 Å². The number of rotatable bonds is 9. The van der Waals surface area contributed by atoms with Crippen LogP contribution < -0.4 is 5.73 Å². The number of fused-ring (bicyclic) bond motifs is 2. The van der Waals surface area contributed by atoms with Crippen molar-refractivity contribution in [2.24, 2.45) is 5.92 Å². The van der Waals surface area contributed by atoms with Gasteiger partial charge in [0.05, 0.1) is 22.5 Å². The molecular formula is C33H47N7O. The lowest BCUT2D eigenvalue weighted by Crippen LogP contribution is -2.50. The molecule has 1 saturated carbocycles. The zero-order chi connectivity index (χ0) is 28.9. The summed E-state index contributed by atoms with van der Waals surface area (Å²) in [5, 5.41) is 0.976. The molecule has 4 heterocycles. The fourth-order valence-electron chi connectivity index (χ4n) is 6.91. The smallest absolute Gasteiger partial charge is 0.147 e. The van der Waals surface area contributed by atoms with Crippen molar-refractivity contribution in [1.82, 2.24) is 29.4 Å². The van der Waals surface area contributed by atoms with Crippen molar-refractivity contribution >= 4 is 27.9 Å². The van der Waals surface area contributed by atoms with Crippen LogP contribution in [0.15, 0.2) is 30.7 Å². The number of aryl methyl sites for hydroxylation is 2. The maximum atomic E-state index is 6.65. The Morgan fingerprint density at radius 2 is 1.98 bits per heavy atom. The molecule has 1 aliphatic carbocycles. The summed E-state index contributed by atoms with van der Waals surface area (Å²) in [6, 6.07) is 7.79. The Morgan fingerprint density at radius 1 is 1.17 bits per heavy atom. The summed E-state index contributed by atoms with van der Waals surface area (Å²) in [4.78, 5) is 19.9. The van der Waals surface area contributed by atoms with Gasteiger partial charge in [-0.05, 0) is 87.0 Å². The van der Waals surface area contributed by atoms with Crippen molar-refractivity contribution in [3.8, 4) is 0 Å². The molecule has 1 aliphatic heterocycles. The van der Waals surface area contributed by atoms with E-state index in [0.717, 1.165) is 66.0 Å². The lowest BCUT2D eigenvalue weighted by atomic mass is 9.76. The number of hydrogen-bond donors (Lipinski definition) is 2. The molecule has 41 heavy (non-hydrogen) atoms. The Hall–Kier alpha value is -2.97. The van der Waals surface area contributed by atoms with Crippen molar-refractivity contribution in [2.45, 2.75) is 116 Å². The number of nitrogens with zero attached hydrogens (tertiary/aromatic N) is 5. The number of nitrogens with one attached hydrogen (secondary N) is 1. The van der Waals surface area contributed by atoms with Gasteiger partial charge in [-0.3, -0.25) is 4.90 Å². The predicted octanol–water partition coefficient (Wildman–Crippen LogP) is 6.55. The minimum absolute atomic E-state index is 0.00328. The van der Waals surface area contributed by atoms with Gasteiger partial charge in [0, 0.05) is 31.2 Å². The van der Waals surface area contributed by atoms with Crippen molar-refractivity contribution in [3.63, 3.8) is 0 Å². The van der Waals surface area contributed by atoms with Crippen molar-refractivity contribution in [3.05, 3.63) is 47.7 Å². The van der Waals surface area contributed by atoms with E-state index in [2.05, 4.69) is 90.4 Å². The van der Waals surface area contributed by atoms with Crippen LogP contribution in [0, 0.1) is 5.92 Å². The first-order valence-electron chi connectivity index (χ1n) is 15.6. The van der Waals surface area contributed by atoms with E-state index in [-0.39, 0.29) is 17.7 Å². The molecule has 2 unspecified atom stereocenters. The molecular weight excluding hydrogens is 510 g/mol. The van der Waals surface area contributed by atoms with E-state index in [4.69, 9.17) is 15.5 Å². The minimum Gasteiger partial charge on any atom is -0.383 e. The van der Waals surface area contributed by atoms with Gasteiger partial charge in [-0.15, -0.1) is 0 Å². The highest BCUT2D eigenvalue weighted by Gasteiger charge is 2.37. The van der Waals surface area contributed by atoms with E-state index in [1.807, 2.05) is 0 Å². The summed E-state index contributed by atoms with van der Waals surface area (Å²) in [5.74, 6) is 2.44. The van der Waals surface area contributed by atoms with Crippen molar-refractivity contribution in [2.75, 3.05) is 12.3 Å². The van der Waals surface area contributed by atoms with E-state index >= 15 is 0 Å². The number of nitrogens with two attached hydrogens (primary N) is 1. The number of aromatic nitrogens is 5. The fraction of sp³-hybridized carbons (Fsp3) is 0.606.